The van der Waals surface area contributed by atoms with Crippen molar-refractivity contribution >= 4 is 11.6 Å². The van der Waals surface area contributed by atoms with Crippen molar-refractivity contribution in [3.63, 3.8) is 0 Å². The molecule has 18 heavy (non-hydrogen) atoms. The number of hydrogen-bond acceptors (Lipinski definition) is 2. The minimum Gasteiger partial charge on any atom is -0.319 e. The lowest BCUT2D eigenvalue weighted by atomic mass is 10.1. The molecule has 4 nitrogen and oxygen atoms in total. The van der Waals surface area contributed by atoms with Crippen LogP contribution in [0.1, 0.15) is 29.8 Å². The summed E-state index contributed by atoms with van der Waals surface area (Å²) < 4.78 is 1.64. The number of benzene rings is 1. The van der Waals surface area contributed by atoms with Crippen LogP contribution in [0.5, 0.6) is 0 Å². The molecule has 0 aliphatic rings. The second-order valence-corrected chi connectivity index (χ2v) is 3.73. The molecule has 0 saturated heterocycles. The molecule has 0 aliphatic heterocycles. The third-order valence-corrected chi connectivity index (χ3v) is 2.24. The largest absolute Gasteiger partial charge is 0.319 e. The molecule has 0 bridgehead atoms. The lowest BCUT2D eigenvalue weighted by Gasteiger charge is -2.02. The molecule has 1 aromatic carbocycles. The molecule has 0 saturated carbocycles. The van der Waals surface area contributed by atoms with Crippen LogP contribution < -0.4 is 5.32 Å². The Morgan fingerprint density at radius 2 is 2.06 bits per heavy atom. The van der Waals surface area contributed by atoms with Gasteiger partial charge in [0.25, 0.3) is 5.91 Å². The number of anilines is 1. The Morgan fingerprint density at radius 1 is 1.33 bits per heavy atom. The van der Waals surface area contributed by atoms with Gasteiger partial charge in [-0.25, -0.2) is 0 Å². The number of carbonyl (C=O) groups excluding carboxylic acids is 1. The Bertz CT molecular complexity index is 517. The van der Waals surface area contributed by atoms with Crippen LogP contribution in [0.25, 0.3) is 0 Å². The molecule has 96 valence electrons. The molecule has 1 heterocycles. The fraction of sp³-hybridized carbons (Fsp3) is 0.286. The van der Waals surface area contributed by atoms with Crippen molar-refractivity contribution < 1.29 is 4.79 Å². The van der Waals surface area contributed by atoms with Gasteiger partial charge in [-0.15, -0.1) is 0 Å². The van der Waals surface area contributed by atoms with Gasteiger partial charge >= 0.3 is 0 Å². The quantitative estimate of drug-likeness (QED) is 0.884. The molecular formula is C14H19N3O. The van der Waals surface area contributed by atoms with Gasteiger partial charge in [-0.3, -0.25) is 9.48 Å². The molecular weight excluding hydrogens is 226 g/mol. The standard InChI is InChI=1S/C12H13N3O.C2H6/c1-9-4-3-5-10(6-9)12(16)14-11-7-13-15(2)8-11;1-2/h3-8H,1-2H3,(H,14,16);1-2H3. The van der Waals surface area contributed by atoms with Crippen LogP contribution in [-0.4, -0.2) is 15.7 Å². The van der Waals surface area contributed by atoms with Crippen LogP contribution in [0.3, 0.4) is 0 Å². The van der Waals surface area contributed by atoms with Gasteiger partial charge in [0.05, 0.1) is 11.9 Å². The molecule has 0 atom stereocenters. The summed E-state index contributed by atoms with van der Waals surface area (Å²) in [7, 11) is 1.81. The highest BCUT2D eigenvalue weighted by Gasteiger charge is 2.06. The zero-order valence-corrected chi connectivity index (χ0v) is 11.3. The van der Waals surface area contributed by atoms with Crippen molar-refractivity contribution in [1.82, 2.24) is 9.78 Å². The molecule has 0 radical (unpaired) electrons. The molecule has 4 heteroatoms. The third-order valence-electron chi connectivity index (χ3n) is 2.24. The van der Waals surface area contributed by atoms with Gasteiger partial charge in [0.1, 0.15) is 0 Å². The lowest BCUT2D eigenvalue weighted by molar-refractivity contribution is 0.102. The number of nitrogens with one attached hydrogen (secondary N) is 1. The van der Waals surface area contributed by atoms with E-state index in [-0.39, 0.29) is 5.91 Å². The second kappa shape index (κ2) is 6.59. The summed E-state index contributed by atoms with van der Waals surface area (Å²) in [6, 6.07) is 7.47. The number of amides is 1. The third kappa shape index (κ3) is 3.73. The fourth-order valence-electron chi connectivity index (χ4n) is 1.48. The monoisotopic (exact) mass is 245 g/mol. The summed E-state index contributed by atoms with van der Waals surface area (Å²) >= 11 is 0. The van der Waals surface area contributed by atoms with E-state index < -0.39 is 0 Å². The highest BCUT2D eigenvalue weighted by molar-refractivity contribution is 6.04. The Balaban J connectivity index is 0.000000771. The molecule has 1 N–H and O–H groups in total. The van der Waals surface area contributed by atoms with E-state index in [1.165, 1.54) is 0 Å². The normalized spacial score (nSPS) is 9.33. The van der Waals surface area contributed by atoms with Crippen molar-refractivity contribution in [2.45, 2.75) is 20.8 Å². The van der Waals surface area contributed by atoms with E-state index in [9.17, 15) is 4.79 Å². The van der Waals surface area contributed by atoms with E-state index in [0.717, 1.165) is 5.56 Å². The predicted octanol–water partition coefficient (Wildman–Crippen LogP) is 3.01. The van der Waals surface area contributed by atoms with Gasteiger partial charge in [-0.2, -0.15) is 5.10 Å². The van der Waals surface area contributed by atoms with E-state index in [1.807, 2.05) is 46.0 Å². The topological polar surface area (TPSA) is 46.9 Å². The van der Waals surface area contributed by atoms with Gasteiger partial charge in [0.15, 0.2) is 0 Å². The summed E-state index contributed by atoms with van der Waals surface area (Å²) in [6.45, 7) is 5.96. The average molecular weight is 245 g/mol. The van der Waals surface area contributed by atoms with E-state index in [0.29, 0.717) is 11.3 Å². The highest BCUT2D eigenvalue weighted by Crippen LogP contribution is 2.09. The van der Waals surface area contributed by atoms with E-state index in [2.05, 4.69) is 10.4 Å². The smallest absolute Gasteiger partial charge is 0.255 e. The molecule has 2 aromatic rings. The van der Waals surface area contributed by atoms with Crippen molar-refractivity contribution in [1.29, 1.82) is 0 Å². The first-order valence-corrected chi connectivity index (χ1v) is 6.02. The van der Waals surface area contributed by atoms with Crippen molar-refractivity contribution in [3.05, 3.63) is 47.8 Å². The summed E-state index contributed by atoms with van der Waals surface area (Å²) in [5, 5.41) is 6.77. The minimum atomic E-state index is -0.114. The van der Waals surface area contributed by atoms with Gasteiger partial charge in [0.2, 0.25) is 0 Å². The minimum absolute atomic E-state index is 0.114. The van der Waals surface area contributed by atoms with Crippen LogP contribution >= 0.6 is 0 Å². The van der Waals surface area contributed by atoms with Gasteiger partial charge in [-0.1, -0.05) is 31.5 Å². The molecule has 0 spiro atoms. The van der Waals surface area contributed by atoms with Crippen LogP contribution in [0.4, 0.5) is 5.69 Å². The molecule has 0 fully saturated rings. The van der Waals surface area contributed by atoms with Crippen LogP contribution in [0, 0.1) is 6.92 Å². The number of rotatable bonds is 2. The highest BCUT2D eigenvalue weighted by atomic mass is 16.1. The van der Waals surface area contributed by atoms with Crippen molar-refractivity contribution in [2.75, 3.05) is 5.32 Å². The molecule has 0 unspecified atom stereocenters. The second-order valence-electron chi connectivity index (χ2n) is 3.73. The van der Waals surface area contributed by atoms with E-state index >= 15 is 0 Å². The van der Waals surface area contributed by atoms with Crippen LogP contribution in [0.2, 0.25) is 0 Å². The Labute approximate surface area is 108 Å². The SMILES string of the molecule is CC.Cc1cccc(C(=O)Nc2cnn(C)c2)c1. The van der Waals surface area contributed by atoms with Gasteiger partial charge in [0, 0.05) is 18.8 Å². The Hall–Kier alpha value is -2.10. The van der Waals surface area contributed by atoms with Gasteiger partial charge in [-0.05, 0) is 19.1 Å². The first-order valence-electron chi connectivity index (χ1n) is 6.02. The number of aromatic nitrogens is 2. The molecule has 1 aromatic heterocycles. The number of aryl methyl sites for hydroxylation is 2. The van der Waals surface area contributed by atoms with Crippen LogP contribution in [-0.2, 0) is 7.05 Å². The van der Waals surface area contributed by atoms with Crippen molar-refractivity contribution in [3.8, 4) is 0 Å². The van der Waals surface area contributed by atoms with Gasteiger partial charge < -0.3 is 5.32 Å². The zero-order valence-electron chi connectivity index (χ0n) is 11.3. The summed E-state index contributed by atoms with van der Waals surface area (Å²) in [4.78, 5) is 11.8. The molecule has 1 amide bonds. The summed E-state index contributed by atoms with van der Waals surface area (Å²) in [5.74, 6) is -0.114. The maximum absolute atomic E-state index is 11.8. The van der Waals surface area contributed by atoms with Crippen LogP contribution in [0.15, 0.2) is 36.7 Å². The Kier molecular flexibility index (Phi) is 5.11. The van der Waals surface area contributed by atoms with E-state index in [4.69, 9.17) is 0 Å². The Morgan fingerprint density at radius 3 is 2.61 bits per heavy atom. The average Bonchev–Trinajstić information content (AvgIpc) is 2.77. The number of hydrogen-bond donors (Lipinski definition) is 1. The maximum Gasteiger partial charge on any atom is 0.255 e. The molecule has 0 aliphatic carbocycles. The fourth-order valence-corrected chi connectivity index (χ4v) is 1.48. The number of carbonyl (C=O) groups is 1. The number of nitrogens with zero attached hydrogens (tertiary/aromatic N) is 2. The molecule has 2 rings (SSSR count). The van der Waals surface area contributed by atoms with E-state index in [1.54, 1.807) is 23.1 Å². The first kappa shape index (κ1) is 14.0. The summed E-state index contributed by atoms with van der Waals surface area (Å²) in [6.07, 6.45) is 3.38. The predicted molar refractivity (Wildman–Crippen MR) is 73.7 cm³/mol. The first-order chi connectivity index (χ1) is 8.65. The lowest BCUT2D eigenvalue weighted by Crippen LogP contribution is -2.11. The maximum atomic E-state index is 11.8. The summed E-state index contributed by atoms with van der Waals surface area (Å²) in [5.41, 5.74) is 2.43. The van der Waals surface area contributed by atoms with Crippen molar-refractivity contribution in [2.24, 2.45) is 7.05 Å². The zero-order chi connectivity index (χ0) is 13.5.